The minimum Gasteiger partial charge on any atom is -0.396 e. The molecule has 5 heteroatoms. The van der Waals surface area contributed by atoms with E-state index in [1.807, 2.05) is 0 Å². The van der Waals surface area contributed by atoms with Crippen LogP contribution >= 0.6 is 27.5 Å². The van der Waals surface area contributed by atoms with Gasteiger partial charge in [-0.3, -0.25) is 4.79 Å². The second-order valence-corrected chi connectivity index (χ2v) is 4.27. The maximum absolute atomic E-state index is 11.3. The zero-order valence-corrected chi connectivity index (χ0v) is 10.3. The second-order valence-electron chi connectivity index (χ2n) is 3.00. The number of aliphatic hydroxyl groups is 1. The topological polar surface area (TPSA) is 49.3 Å². The van der Waals surface area contributed by atoms with Crippen molar-refractivity contribution in [2.45, 2.75) is 12.8 Å². The lowest BCUT2D eigenvalue weighted by atomic mass is 10.3. The number of nitrogens with one attached hydrogen (secondary N) is 1. The molecule has 0 radical (unpaired) electrons. The third-order valence-corrected chi connectivity index (χ3v) is 3.00. The fourth-order valence-electron chi connectivity index (χ4n) is 1.04. The molecule has 0 bridgehead atoms. The molecule has 0 atom stereocenters. The molecule has 0 heterocycles. The zero-order valence-electron chi connectivity index (χ0n) is 7.96. The van der Waals surface area contributed by atoms with E-state index in [0.717, 1.165) is 4.47 Å². The Kier molecular flexibility index (Phi) is 5.08. The Hall–Kier alpha value is -0.580. The SMILES string of the molecule is O=C(CCCO)Nc1ccc(Br)c(Cl)c1. The van der Waals surface area contributed by atoms with E-state index in [1.54, 1.807) is 18.2 Å². The van der Waals surface area contributed by atoms with Crippen LogP contribution in [0.2, 0.25) is 5.02 Å². The smallest absolute Gasteiger partial charge is 0.224 e. The number of halogens is 2. The van der Waals surface area contributed by atoms with Crippen LogP contribution in [0.4, 0.5) is 5.69 Å². The van der Waals surface area contributed by atoms with Crippen LogP contribution in [0.3, 0.4) is 0 Å². The van der Waals surface area contributed by atoms with Gasteiger partial charge in [0.25, 0.3) is 0 Å². The van der Waals surface area contributed by atoms with Gasteiger partial charge in [0.1, 0.15) is 0 Å². The summed E-state index contributed by atoms with van der Waals surface area (Å²) in [6.07, 6.45) is 0.778. The highest BCUT2D eigenvalue weighted by Gasteiger charge is 2.03. The van der Waals surface area contributed by atoms with Crippen molar-refractivity contribution in [2.75, 3.05) is 11.9 Å². The molecule has 0 aliphatic rings. The third-order valence-electron chi connectivity index (χ3n) is 1.77. The van der Waals surface area contributed by atoms with Crippen molar-refractivity contribution < 1.29 is 9.90 Å². The number of benzene rings is 1. The van der Waals surface area contributed by atoms with E-state index >= 15 is 0 Å². The highest BCUT2D eigenvalue weighted by Crippen LogP contribution is 2.25. The van der Waals surface area contributed by atoms with Crippen LogP contribution in [0.5, 0.6) is 0 Å². The molecule has 3 nitrogen and oxygen atoms in total. The first kappa shape index (κ1) is 12.5. The van der Waals surface area contributed by atoms with Crippen LogP contribution in [-0.2, 0) is 4.79 Å². The zero-order chi connectivity index (χ0) is 11.3. The van der Waals surface area contributed by atoms with Crippen molar-refractivity contribution in [3.8, 4) is 0 Å². The maximum Gasteiger partial charge on any atom is 0.224 e. The van der Waals surface area contributed by atoms with Crippen molar-refractivity contribution >= 4 is 39.1 Å². The Morgan fingerprint density at radius 3 is 2.87 bits per heavy atom. The Morgan fingerprint density at radius 1 is 1.53 bits per heavy atom. The molecule has 0 fully saturated rings. The molecule has 1 aromatic rings. The summed E-state index contributed by atoms with van der Waals surface area (Å²) in [6.45, 7) is 0.0223. The third kappa shape index (κ3) is 4.20. The highest BCUT2D eigenvalue weighted by atomic mass is 79.9. The summed E-state index contributed by atoms with van der Waals surface area (Å²) in [5, 5.41) is 11.8. The van der Waals surface area contributed by atoms with Gasteiger partial charge in [-0.25, -0.2) is 0 Å². The van der Waals surface area contributed by atoms with E-state index in [2.05, 4.69) is 21.2 Å². The van der Waals surface area contributed by atoms with Crippen molar-refractivity contribution in [3.05, 3.63) is 27.7 Å². The van der Waals surface area contributed by atoms with Crippen molar-refractivity contribution in [2.24, 2.45) is 0 Å². The number of anilines is 1. The molecular weight excluding hydrogens is 281 g/mol. The number of hydrogen-bond donors (Lipinski definition) is 2. The summed E-state index contributed by atoms with van der Waals surface area (Å²) in [5.41, 5.74) is 0.658. The number of carbonyl (C=O) groups excluding carboxylic acids is 1. The number of carbonyl (C=O) groups is 1. The van der Waals surface area contributed by atoms with Crippen LogP contribution < -0.4 is 5.32 Å². The molecule has 82 valence electrons. The summed E-state index contributed by atoms with van der Waals surface area (Å²) in [7, 11) is 0. The van der Waals surface area contributed by atoms with Crippen molar-refractivity contribution in [3.63, 3.8) is 0 Å². The van der Waals surface area contributed by atoms with Gasteiger partial charge >= 0.3 is 0 Å². The van der Waals surface area contributed by atoms with E-state index in [4.69, 9.17) is 16.7 Å². The van der Waals surface area contributed by atoms with Gasteiger partial charge in [0.05, 0.1) is 5.02 Å². The summed E-state index contributed by atoms with van der Waals surface area (Å²) in [5.74, 6) is -0.123. The molecular formula is C10H11BrClNO2. The summed E-state index contributed by atoms with van der Waals surface area (Å²) in [6, 6.07) is 5.19. The van der Waals surface area contributed by atoms with E-state index in [1.165, 1.54) is 0 Å². The predicted molar refractivity (Wildman–Crippen MR) is 64.1 cm³/mol. The minimum absolute atomic E-state index is 0.0223. The summed E-state index contributed by atoms with van der Waals surface area (Å²) in [4.78, 5) is 11.3. The molecule has 0 saturated carbocycles. The van der Waals surface area contributed by atoms with Gasteiger partial charge in [-0.1, -0.05) is 11.6 Å². The Morgan fingerprint density at radius 2 is 2.27 bits per heavy atom. The molecule has 0 aliphatic heterocycles. The molecule has 0 aromatic heterocycles. The number of amides is 1. The van der Waals surface area contributed by atoms with E-state index in [-0.39, 0.29) is 12.5 Å². The van der Waals surface area contributed by atoms with Gasteiger partial charge in [0.2, 0.25) is 5.91 Å². The summed E-state index contributed by atoms with van der Waals surface area (Å²) >= 11 is 9.12. The highest BCUT2D eigenvalue weighted by molar-refractivity contribution is 9.10. The lowest BCUT2D eigenvalue weighted by molar-refractivity contribution is -0.116. The lowest BCUT2D eigenvalue weighted by Crippen LogP contribution is -2.11. The fourth-order valence-corrected chi connectivity index (χ4v) is 1.46. The van der Waals surface area contributed by atoms with Gasteiger partial charge in [-0.05, 0) is 40.5 Å². The predicted octanol–water partition coefficient (Wildman–Crippen LogP) is 2.81. The molecule has 0 unspecified atom stereocenters. The van der Waals surface area contributed by atoms with Gasteiger partial charge in [0, 0.05) is 23.2 Å². The average molecular weight is 293 g/mol. The van der Waals surface area contributed by atoms with Crippen LogP contribution in [0, 0.1) is 0 Å². The van der Waals surface area contributed by atoms with Crippen molar-refractivity contribution in [1.29, 1.82) is 0 Å². The van der Waals surface area contributed by atoms with Crippen LogP contribution in [0.15, 0.2) is 22.7 Å². The molecule has 15 heavy (non-hydrogen) atoms. The molecule has 1 aromatic carbocycles. The van der Waals surface area contributed by atoms with Crippen LogP contribution in [0.1, 0.15) is 12.8 Å². The first-order chi connectivity index (χ1) is 7.13. The van der Waals surface area contributed by atoms with Crippen LogP contribution in [0.25, 0.3) is 0 Å². The first-order valence-electron chi connectivity index (χ1n) is 4.49. The van der Waals surface area contributed by atoms with Gasteiger partial charge in [-0.15, -0.1) is 0 Å². The number of hydrogen-bond acceptors (Lipinski definition) is 2. The standard InChI is InChI=1S/C10H11BrClNO2/c11-8-4-3-7(6-9(8)12)13-10(15)2-1-5-14/h3-4,6,14H,1-2,5H2,(H,13,15). The molecule has 1 rings (SSSR count). The fraction of sp³-hybridized carbons (Fsp3) is 0.300. The molecule has 0 aliphatic carbocycles. The molecule has 0 saturated heterocycles. The first-order valence-corrected chi connectivity index (χ1v) is 5.66. The second kappa shape index (κ2) is 6.10. The normalized spacial score (nSPS) is 10.1. The maximum atomic E-state index is 11.3. The van der Waals surface area contributed by atoms with Gasteiger partial charge in [0.15, 0.2) is 0 Å². The molecule has 0 spiro atoms. The van der Waals surface area contributed by atoms with Gasteiger partial charge in [-0.2, -0.15) is 0 Å². The van der Waals surface area contributed by atoms with E-state index < -0.39 is 0 Å². The largest absolute Gasteiger partial charge is 0.396 e. The Bertz CT molecular complexity index is 357. The van der Waals surface area contributed by atoms with E-state index in [9.17, 15) is 4.79 Å². The summed E-state index contributed by atoms with van der Waals surface area (Å²) < 4.78 is 0.789. The quantitative estimate of drug-likeness (QED) is 0.896. The number of rotatable bonds is 4. The minimum atomic E-state index is -0.123. The van der Waals surface area contributed by atoms with Crippen molar-refractivity contribution in [1.82, 2.24) is 0 Å². The van der Waals surface area contributed by atoms with Crippen LogP contribution in [-0.4, -0.2) is 17.6 Å². The Balaban J connectivity index is 2.57. The molecule has 1 amide bonds. The van der Waals surface area contributed by atoms with Gasteiger partial charge < -0.3 is 10.4 Å². The molecule has 2 N–H and O–H groups in total. The number of aliphatic hydroxyl groups excluding tert-OH is 1. The average Bonchev–Trinajstić information content (AvgIpc) is 2.20. The monoisotopic (exact) mass is 291 g/mol. The lowest BCUT2D eigenvalue weighted by Gasteiger charge is -2.05. The Labute approximate surface area is 102 Å². The van der Waals surface area contributed by atoms with E-state index in [0.29, 0.717) is 23.6 Å².